The maximum absolute atomic E-state index is 2.47. The molecule has 1 atom stereocenters. The number of alkyl halides is 1. The molecule has 58 valence electrons. The van der Waals surface area contributed by atoms with Crippen LogP contribution in [0.25, 0.3) is 0 Å². The Hall–Kier alpha value is 0.300. The van der Waals surface area contributed by atoms with Gasteiger partial charge in [-0.05, 0) is 18.1 Å². The number of fused-ring (bicyclic) bond motifs is 1. The molecule has 0 radical (unpaired) electrons. The van der Waals surface area contributed by atoms with Crippen LogP contribution in [0.1, 0.15) is 5.56 Å². The van der Waals surface area contributed by atoms with E-state index in [9.17, 15) is 0 Å². The van der Waals surface area contributed by atoms with Crippen molar-refractivity contribution < 1.29 is 0 Å². The zero-order chi connectivity index (χ0) is 7.68. The molecule has 1 unspecified atom stereocenters. The van der Waals surface area contributed by atoms with Crippen LogP contribution >= 0.6 is 34.4 Å². The van der Waals surface area contributed by atoms with E-state index in [1.54, 1.807) is 5.56 Å². The molecular formula is C9H9IS. The van der Waals surface area contributed by atoms with Crippen LogP contribution in [0, 0.1) is 0 Å². The van der Waals surface area contributed by atoms with Gasteiger partial charge in [0.15, 0.2) is 0 Å². The van der Waals surface area contributed by atoms with E-state index >= 15 is 0 Å². The first kappa shape index (κ1) is 7.92. The van der Waals surface area contributed by atoms with E-state index in [2.05, 4.69) is 46.9 Å². The summed E-state index contributed by atoms with van der Waals surface area (Å²) in [4.78, 5) is 1.49. The van der Waals surface area contributed by atoms with Crippen LogP contribution in [0.3, 0.4) is 0 Å². The van der Waals surface area contributed by atoms with Crippen molar-refractivity contribution in [3.05, 3.63) is 29.8 Å². The van der Waals surface area contributed by atoms with Crippen LogP contribution in [-0.4, -0.2) is 9.68 Å². The van der Waals surface area contributed by atoms with Crippen molar-refractivity contribution in [2.75, 3.05) is 4.43 Å². The minimum absolute atomic E-state index is 0.827. The summed E-state index contributed by atoms with van der Waals surface area (Å²) in [5, 5.41) is 0.827. The fourth-order valence-corrected chi connectivity index (χ4v) is 3.34. The van der Waals surface area contributed by atoms with Gasteiger partial charge in [0.05, 0.1) is 0 Å². The second-order valence-electron chi connectivity index (χ2n) is 2.71. The summed E-state index contributed by atoms with van der Waals surface area (Å²) >= 11 is 4.50. The smallest absolute Gasteiger partial charge is 0.0225 e. The first-order chi connectivity index (χ1) is 5.40. The highest BCUT2D eigenvalue weighted by Crippen LogP contribution is 2.37. The predicted molar refractivity (Wildman–Crippen MR) is 58.7 cm³/mol. The van der Waals surface area contributed by atoms with E-state index in [1.807, 2.05) is 11.8 Å². The van der Waals surface area contributed by atoms with Gasteiger partial charge in [0.25, 0.3) is 0 Å². The molecule has 2 heteroatoms. The minimum atomic E-state index is 0.827. The highest BCUT2D eigenvalue weighted by Gasteiger charge is 2.19. The molecule has 1 aliphatic rings. The van der Waals surface area contributed by atoms with Gasteiger partial charge < -0.3 is 0 Å². The highest BCUT2D eigenvalue weighted by molar-refractivity contribution is 14.1. The normalized spacial score (nSPS) is 21.7. The maximum atomic E-state index is 2.47. The number of benzene rings is 1. The minimum Gasteiger partial charge on any atom is -0.121 e. The van der Waals surface area contributed by atoms with E-state index in [1.165, 1.54) is 15.7 Å². The maximum Gasteiger partial charge on any atom is 0.0225 e. The van der Waals surface area contributed by atoms with Crippen LogP contribution in [-0.2, 0) is 6.42 Å². The van der Waals surface area contributed by atoms with Gasteiger partial charge in [-0.2, -0.15) is 0 Å². The lowest BCUT2D eigenvalue weighted by molar-refractivity contribution is 0.983. The Kier molecular flexibility index (Phi) is 2.42. The van der Waals surface area contributed by atoms with E-state index in [0.717, 1.165) is 5.25 Å². The lowest BCUT2D eigenvalue weighted by atomic mass is 10.1. The van der Waals surface area contributed by atoms with Gasteiger partial charge in [-0.25, -0.2) is 0 Å². The predicted octanol–water partition coefficient (Wildman–Crippen LogP) is 3.14. The van der Waals surface area contributed by atoms with E-state index < -0.39 is 0 Å². The second kappa shape index (κ2) is 3.35. The van der Waals surface area contributed by atoms with Crippen molar-refractivity contribution in [2.24, 2.45) is 0 Å². The first-order valence-electron chi connectivity index (χ1n) is 3.70. The Balaban J connectivity index is 2.27. The SMILES string of the molecule is ICC1Cc2ccccc2S1. The first-order valence-corrected chi connectivity index (χ1v) is 6.11. The molecule has 1 aromatic carbocycles. The quantitative estimate of drug-likeness (QED) is 0.561. The number of rotatable bonds is 1. The molecule has 0 aliphatic carbocycles. The lowest BCUT2D eigenvalue weighted by Crippen LogP contribution is -2.00. The topological polar surface area (TPSA) is 0 Å². The van der Waals surface area contributed by atoms with Crippen molar-refractivity contribution in [1.82, 2.24) is 0 Å². The standard InChI is InChI=1S/C9H9IS/c10-6-8-5-7-3-1-2-4-9(7)11-8/h1-4,8H,5-6H2. The van der Waals surface area contributed by atoms with Gasteiger partial charge in [-0.3, -0.25) is 0 Å². The third kappa shape index (κ3) is 1.56. The summed E-state index contributed by atoms with van der Waals surface area (Å²) in [5.74, 6) is 0. The largest absolute Gasteiger partial charge is 0.121 e. The number of halogens is 1. The molecule has 0 spiro atoms. The Morgan fingerprint density at radius 2 is 2.27 bits per heavy atom. The van der Waals surface area contributed by atoms with Crippen LogP contribution in [0.4, 0.5) is 0 Å². The van der Waals surface area contributed by atoms with Gasteiger partial charge in [0, 0.05) is 14.6 Å². The summed E-state index contributed by atoms with van der Waals surface area (Å²) in [7, 11) is 0. The molecule has 0 fully saturated rings. The van der Waals surface area contributed by atoms with Crippen LogP contribution in [0.15, 0.2) is 29.2 Å². The van der Waals surface area contributed by atoms with Crippen molar-refractivity contribution in [3.63, 3.8) is 0 Å². The van der Waals surface area contributed by atoms with Gasteiger partial charge in [-0.15, -0.1) is 11.8 Å². The Morgan fingerprint density at radius 1 is 1.45 bits per heavy atom. The zero-order valence-electron chi connectivity index (χ0n) is 6.09. The molecule has 0 N–H and O–H groups in total. The molecule has 11 heavy (non-hydrogen) atoms. The lowest BCUT2D eigenvalue weighted by Gasteiger charge is -1.99. The molecule has 0 nitrogen and oxygen atoms in total. The van der Waals surface area contributed by atoms with E-state index in [4.69, 9.17) is 0 Å². The Labute approximate surface area is 84.9 Å². The fraction of sp³-hybridized carbons (Fsp3) is 0.333. The molecule has 0 saturated carbocycles. The van der Waals surface area contributed by atoms with Crippen LogP contribution in [0.5, 0.6) is 0 Å². The number of thioether (sulfide) groups is 1. The van der Waals surface area contributed by atoms with Crippen molar-refractivity contribution >= 4 is 34.4 Å². The second-order valence-corrected chi connectivity index (χ2v) is 4.93. The van der Waals surface area contributed by atoms with Gasteiger partial charge >= 0.3 is 0 Å². The van der Waals surface area contributed by atoms with Crippen LogP contribution < -0.4 is 0 Å². The summed E-state index contributed by atoms with van der Waals surface area (Å²) in [5.41, 5.74) is 1.54. The molecule has 2 rings (SSSR count). The number of hydrogen-bond donors (Lipinski definition) is 0. The molecule has 0 bridgehead atoms. The monoisotopic (exact) mass is 276 g/mol. The van der Waals surface area contributed by atoms with Crippen molar-refractivity contribution in [1.29, 1.82) is 0 Å². The average Bonchev–Trinajstić information content (AvgIpc) is 2.46. The number of hydrogen-bond acceptors (Lipinski definition) is 1. The summed E-state index contributed by atoms with van der Waals surface area (Å²) < 4.78 is 1.26. The molecule has 0 saturated heterocycles. The van der Waals surface area contributed by atoms with Crippen LogP contribution in [0.2, 0.25) is 0 Å². The highest BCUT2D eigenvalue weighted by atomic mass is 127. The van der Waals surface area contributed by atoms with Crippen molar-refractivity contribution in [3.8, 4) is 0 Å². The molecule has 1 aliphatic heterocycles. The summed E-state index contributed by atoms with van der Waals surface area (Å²) in [6.07, 6.45) is 1.27. The van der Waals surface area contributed by atoms with Crippen molar-refractivity contribution in [2.45, 2.75) is 16.6 Å². The third-order valence-electron chi connectivity index (χ3n) is 1.89. The van der Waals surface area contributed by atoms with Gasteiger partial charge in [-0.1, -0.05) is 40.8 Å². The van der Waals surface area contributed by atoms with Gasteiger partial charge in [0.1, 0.15) is 0 Å². The molecule has 1 aromatic rings. The van der Waals surface area contributed by atoms with Gasteiger partial charge in [0.2, 0.25) is 0 Å². The zero-order valence-corrected chi connectivity index (χ0v) is 9.06. The van der Waals surface area contributed by atoms with E-state index in [-0.39, 0.29) is 0 Å². The Morgan fingerprint density at radius 3 is 3.00 bits per heavy atom. The molecule has 0 aromatic heterocycles. The Bertz CT molecular complexity index is 234. The molecular weight excluding hydrogens is 267 g/mol. The molecule has 1 heterocycles. The average molecular weight is 276 g/mol. The molecule has 0 amide bonds. The van der Waals surface area contributed by atoms with E-state index in [0.29, 0.717) is 0 Å². The fourth-order valence-electron chi connectivity index (χ4n) is 1.34. The summed E-state index contributed by atoms with van der Waals surface area (Å²) in [6.45, 7) is 0. The summed E-state index contributed by atoms with van der Waals surface area (Å²) in [6, 6.07) is 8.73. The third-order valence-corrected chi connectivity index (χ3v) is 4.87.